The molecule has 1 aromatic carbocycles. The van der Waals surface area contributed by atoms with E-state index in [9.17, 15) is 14.7 Å². The van der Waals surface area contributed by atoms with Crippen LogP contribution in [0.2, 0.25) is 0 Å². The average Bonchev–Trinajstić information content (AvgIpc) is 2.86. The van der Waals surface area contributed by atoms with Gasteiger partial charge in [-0.25, -0.2) is 0 Å². The number of unbranched alkanes of at least 4 members (excludes halogenated alkanes) is 10. The van der Waals surface area contributed by atoms with Crippen molar-refractivity contribution in [2.24, 2.45) is 5.92 Å². The molecule has 2 unspecified atom stereocenters. The highest BCUT2D eigenvalue weighted by Crippen LogP contribution is 2.38. The molecule has 2 N–H and O–H groups in total. The minimum atomic E-state index is -0.860. The highest BCUT2D eigenvalue weighted by atomic mass is 16.5. The number of aromatic hydroxyl groups is 1. The third-order valence-electron chi connectivity index (χ3n) is 7.93. The highest BCUT2D eigenvalue weighted by Gasteiger charge is 2.22. The Morgan fingerprint density at radius 2 is 1.38 bits per heavy atom. The smallest absolute Gasteiger partial charge is 0.306 e. The van der Waals surface area contributed by atoms with Crippen molar-refractivity contribution in [1.82, 2.24) is 0 Å². The number of aryl methyl sites for hydroxylation is 1. The van der Waals surface area contributed by atoms with Crippen molar-refractivity contribution in [3.63, 3.8) is 0 Å². The number of aliphatic carboxylic acids is 1. The van der Waals surface area contributed by atoms with Crippen LogP contribution in [0.1, 0.15) is 160 Å². The lowest BCUT2D eigenvalue weighted by atomic mass is 9.80. The van der Waals surface area contributed by atoms with Crippen LogP contribution in [-0.4, -0.2) is 28.8 Å². The van der Waals surface area contributed by atoms with Crippen molar-refractivity contribution in [3.05, 3.63) is 28.8 Å². The van der Waals surface area contributed by atoms with Gasteiger partial charge in [0.05, 0.1) is 12.5 Å². The van der Waals surface area contributed by atoms with Gasteiger partial charge in [-0.15, -0.1) is 0 Å². The molecule has 0 aliphatic rings. The van der Waals surface area contributed by atoms with E-state index >= 15 is 0 Å². The van der Waals surface area contributed by atoms with Gasteiger partial charge in [-0.2, -0.15) is 0 Å². The van der Waals surface area contributed by atoms with E-state index in [2.05, 4.69) is 39.8 Å². The first-order valence-corrected chi connectivity index (χ1v) is 15.7. The van der Waals surface area contributed by atoms with Crippen molar-refractivity contribution in [2.45, 2.75) is 156 Å². The molecule has 5 nitrogen and oxygen atoms in total. The molecular formula is C34H58O5. The molecule has 0 heterocycles. The maximum atomic E-state index is 12.0. The number of carboxylic acid groups (broad SMARTS) is 1. The second kappa shape index (κ2) is 19.1. The molecule has 1 rings (SSSR count). The van der Waals surface area contributed by atoms with Crippen molar-refractivity contribution in [1.29, 1.82) is 0 Å². The number of ether oxygens (including phenoxy) is 1. The van der Waals surface area contributed by atoms with Crippen molar-refractivity contribution in [2.75, 3.05) is 6.61 Å². The fourth-order valence-electron chi connectivity index (χ4n) is 5.18. The summed E-state index contributed by atoms with van der Waals surface area (Å²) in [5.74, 6) is -0.712. The molecule has 1 aromatic rings. The van der Waals surface area contributed by atoms with E-state index in [1.54, 1.807) is 6.92 Å². The molecule has 0 saturated carbocycles. The Bertz CT molecular complexity index is 839. The summed E-state index contributed by atoms with van der Waals surface area (Å²) in [5, 5.41) is 19.7. The number of carboxylic acids is 1. The second-order valence-electron chi connectivity index (χ2n) is 12.6. The predicted octanol–water partition coefficient (Wildman–Crippen LogP) is 9.61. The summed E-state index contributed by atoms with van der Waals surface area (Å²) in [6.07, 6.45) is 17.7. The SMILES string of the molecule is CCCCCCCCCCCC(CCCCCC(=O)OCCC(C)C(=O)O)c1cc(C)c(O)c(C(C)(C)C)c1. The molecule has 2 atom stereocenters. The third-order valence-corrected chi connectivity index (χ3v) is 7.93. The van der Waals surface area contributed by atoms with Gasteiger partial charge < -0.3 is 14.9 Å². The second-order valence-corrected chi connectivity index (χ2v) is 12.6. The lowest BCUT2D eigenvalue weighted by Crippen LogP contribution is -2.14. The van der Waals surface area contributed by atoms with Gasteiger partial charge in [0, 0.05) is 6.42 Å². The molecule has 0 amide bonds. The van der Waals surface area contributed by atoms with Crippen LogP contribution in [0.5, 0.6) is 5.75 Å². The molecule has 39 heavy (non-hydrogen) atoms. The van der Waals surface area contributed by atoms with Crippen LogP contribution >= 0.6 is 0 Å². The van der Waals surface area contributed by atoms with Crippen LogP contribution in [-0.2, 0) is 19.7 Å². The molecule has 0 radical (unpaired) electrons. The first-order valence-electron chi connectivity index (χ1n) is 15.7. The first kappa shape index (κ1) is 35.0. The van der Waals surface area contributed by atoms with E-state index in [0.717, 1.165) is 43.2 Å². The molecule has 0 aromatic heterocycles. The van der Waals surface area contributed by atoms with Crippen molar-refractivity contribution in [3.8, 4) is 5.75 Å². The van der Waals surface area contributed by atoms with E-state index in [0.29, 0.717) is 24.5 Å². The van der Waals surface area contributed by atoms with Gasteiger partial charge in [-0.05, 0) is 60.6 Å². The molecule has 0 fully saturated rings. The number of rotatable bonds is 21. The van der Waals surface area contributed by atoms with Gasteiger partial charge in [-0.1, -0.05) is 117 Å². The van der Waals surface area contributed by atoms with E-state index in [1.807, 2.05) is 6.92 Å². The maximum absolute atomic E-state index is 12.0. The van der Waals surface area contributed by atoms with E-state index in [4.69, 9.17) is 9.84 Å². The van der Waals surface area contributed by atoms with Crippen LogP contribution < -0.4 is 0 Å². The molecule has 5 heteroatoms. The summed E-state index contributed by atoms with van der Waals surface area (Å²) in [5.41, 5.74) is 3.20. The van der Waals surface area contributed by atoms with Crippen LogP contribution in [0.3, 0.4) is 0 Å². The Morgan fingerprint density at radius 3 is 1.92 bits per heavy atom. The fourth-order valence-corrected chi connectivity index (χ4v) is 5.18. The lowest BCUT2D eigenvalue weighted by Gasteiger charge is -2.25. The number of phenols is 1. The summed E-state index contributed by atoms with van der Waals surface area (Å²) in [6.45, 7) is 12.5. The zero-order chi connectivity index (χ0) is 29.3. The first-order chi connectivity index (χ1) is 18.5. The molecule has 0 aliphatic heterocycles. The number of hydrogen-bond acceptors (Lipinski definition) is 4. The zero-order valence-corrected chi connectivity index (χ0v) is 25.9. The zero-order valence-electron chi connectivity index (χ0n) is 25.9. The average molecular weight is 547 g/mol. The van der Waals surface area contributed by atoms with Crippen molar-refractivity contribution >= 4 is 11.9 Å². The molecular weight excluding hydrogens is 488 g/mol. The summed E-state index contributed by atoms with van der Waals surface area (Å²) >= 11 is 0. The number of esters is 1. The number of hydrogen-bond donors (Lipinski definition) is 2. The molecule has 0 spiro atoms. The molecule has 0 aliphatic carbocycles. The quantitative estimate of drug-likeness (QED) is 0.118. The summed E-state index contributed by atoms with van der Waals surface area (Å²) in [6, 6.07) is 4.41. The van der Waals surface area contributed by atoms with Crippen LogP contribution in [0.4, 0.5) is 0 Å². The number of benzene rings is 1. The van der Waals surface area contributed by atoms with Gasteiger partial charge in [0.15, 0.2) is 0 Å². The summed E-state index contributed by atoms with van der Waals surface area (Å²) in [4.78, 5) is 22.9. The Balaban J connectivity index is 2.61. The monoisotopic (exact) mass is 546 g/mol. The molecule has 0 bridgehead atoms. The Labute approximate surface area is 239 Å². The highest BCUT2D eigenvalue weighted by molar-refractivity contribution is 5.70. The fraction of sp³-hybridized carbons (Fsp3) is 0.765. The van der Waals surface area contributed by atoms with E-state index in [-0.39, 0.29) is 18.0 Å². The topological polar surface area (TPSA) is 83.8 Å². The summed E-state index contributed by atoms with van der Waals surface area (Å²) < 4.78 is 5.22. The largest absolute Gasteiger partial charge is 0.507 e. The lowest BCUT2D eigenvalue weighted by molar-refractivity contribution is -0.147. The minimum Gasteiger partial charge on any atom is -0.507 e. The maximum Gasteiger partial charge on any atom is 0.306 e. The summed E-state index contributed by atoms with van der Waals surface area (Å²) in [7, 11) is 0. The van der Waals surface area contributed by atoms with E-state index < -0.39 is 11.9 Å². The standard InChI is InChI=1S/C34H58O5/c1-7-8-9-10-11-12-13-14-16-19-28(29-24-27(3)32(36)30(25-29)34(4,5)6)20-17-15-18-21-31(35)39-23-22-26(2)33(37)38/h24-26,28,36H,7-23H2,1-6H3,(H,37,38). The van der Waals surface area contributed by atoms with Gasteiger partial charge in [0.1, 0.15) is 5.75 Å². The van der Waals surface area contributed by atoms with Crippen LogP contribution in [0, 0.1) is 12.8 Å². The molecule has 0 saturated heterocycles. The van der Waals surface area contributed by atoms with Gasteiger partial charge in [-0.3, -0.25) is 9.59 Å². The van der Waals surface area contributed by atoms with Crippen molar-refractivity contribution < 1.29 is 24.5 Å². The Morgan fingerprint density at radius 1 is 0.846 bits per heavy atom. The minimum absolute atomic E-state index is 0.115. The van der Waals surface area contributed by atoms with E-state index in [1.165, 1.54) is 63.4 Å². The van der Waals surface area contributed by atoms with Gasteiger partial charge in [0.2, 0.25) is 0 Å². The predicted molar refractivity (Wildman–Crippen MR) is 162 cm³/mol. The molecule has 224 valence electrons. The number of phenolic OH excluding ortho intramolecular Hbond substituents is 1. The number of carbonyl (C=O) groups is 2. The van der Waals surface area contributed by atoms with Crippen LogP contribution in [0.15, 0.2) is 12.1 Å². The van der Waals surface area contributed by atoms with Gasteiger partial charge >= 0.3 is 11.9 Å². The Kier molecular flexibility index (Phi) is 17.1. The van der Waals surface area contributed by atoms with Gasteiger partial charge in [0.25, 0.3) is 0 Å². The number of carbonyl (C=O) groups excluding carboxylic acids is 1. The normalized spacial score (nSPS) is 13.3. The third kappa shape index (κ3) is 14.8. The Hall–Kier alpha value is -2.04. The van der Waals surface area contributed by atoms with Crippen LogP contribution in [0.25, 0.3) is 0 Å².